The Labute approximate surface area is 70.3 Å². The van der Waals surface area contributed by atoms with E-state index in [1.54, 1.807) is 0 Å². The number of carboxylic acids is 1. The third-order valence-corrected chi connectivity index (χ3v) is 0. The minimum absolute atomic E-state index is 0. The van der Waals surface area contributed by atoms with Crippen molar-refractivity contribution in [3.63, 3.8) is 0 Å². The average molecular weight is 134 g/mol. The first-order valence-corrected chi connectivity index (χ1v) is 0.928. The van der Waals surface area contributed by atoms with Crippen LogP contribution in [0.4, 0.5) is 0 Å². The van der Waals surface area contributed by atoms with Crippen LogP contribution in [0.3, 0.4) is 0 Å². The summed E-state index contributed by atoms with van der Waals surface area (Å²) in [6, 6.07) is 0. The molecule has 0 aliphatic heterocycles. The van der Waals surface area contributed by atoms with Gasteiger partial charge in [-0.1, -0.05) is 0 Å². The first-order valence-electron chi connectivity index (χ1n) is 0.928. The van der Waals surface area contributed by atoms with Crippen molar-refractivity contribution in [2.24, 2.45) is 0 Å². The molecule has 0 aromatic rings. The van der Waals surface area contributed by atoms with E-state index in [1.807, 2.05) is 0 Å². The van der Waals surface area contributed by atoms with E-state index in [0.717, 1.165) is 6.92 Å². The van der Waals surface area contributed by atoms with Crippen LogP contribution in [-0.4, -0.2) is 34.1 Å². The predicted octanol–water partition coefficient (Wildman–Crippen LogP) is -0.0674. The van der Waals surface area contributed by atoms with Gasteiger partial charge in [-0.2, -0.15) is 0 Å². The van der Waals surface area contributed by atoms with Gasteiger partial charge in [0, 0.05) is 28.6 Å². The molecule has 2 nitrogen and oxygen atoms in total. The summed E-state index contributed by atoms with van der Waals surface area (Å²) >= 11 is 0. The molecule has 0 aliphatic rings. The fourth-order valence-electron chi connectivity index (χ4n) is 0. The number of carboxylic acid groups (broad SMARTS) is 1. The van der Waals surface area contributed by atoms with E-state index in [1.165, 1.54) is 0 Å². The van der Waals surface area contributed by atoms with E-state index < -0.39 is 5.97 Å². The van der Waals surface area contributed by atoms with Crippen LogP contribution >= 0.6 is 0 Å². The molecule has 0 fully saturated rings. The van der Waals surface area contributed by atoms with Crippen molar-refractivity contribution in [1.29, 1.82) is 0 Å². The number of hydrogen-bond donors (Lipinski definition) is 1. The molecule has 0 heterocycles. The summed E-state index contributed by atoms with van der Waals surface area (Å²) in [5, 5.41) is 7.42. The smallest absolute Gasteiger partial charge is 1.00 e. The summed E-state index contributed by atoms with van der Waals surface area (Å²) < 4.78 is 0. The van der Waals surface area contributed by atoms with E-state index in [0.29, 0.717) is 0 Å². The van der Waals surface area contributed by atoms with Gasteiger partial charge in [-0.05, 0) is 0 Å². The van der Waals surface area contributed by atoms with Crippen LogP contribution in [0, 0.1) is 0 Å². The van der Waals surface area contributed by atoms with Crippen LogP contribution in [-0.2, 0) is 26.5 Å². The second kappa shape index (κ2) is 9.34. The molecule has 0 unspecified atom stereocenters. The van der Waals surface area contributed by atoms with E-state index in [2.05, 4.69) is 0 Å². The van der Waals surface area contributed by atoms with Gasteiger partial charge < -0.3 is 7.96 Å². The summed E-state index contributed by atoms with van der Waals surface area (Å²) in [5.74, 6) is -0.833. The predicted molar refractivity (Wildman–Crippen MR) is 21.3 cm³/mol. The molecule has 0 saturated heterocycles. The summed E-state index contributed by atoms with van der Waals surface area (Å²) in [4.78, 5) is 9.00. The van der Waals surface area contributed by atoms with Crippen molar-refractivity contribution >= 4 is 29.0 Å². The molecule has 6 heavy (non-hydrogen) atoms. The Balaban J connectivity index is -0.00000000750. The molecule has 0 rings (SSSR count). The first-order chi connectivity index (χ1) is 1.73. The van der Waals surface area contributed by atoms with Crippen LogP contribution in [0.15, 0.2) is 0 Å². The zero-order chi connectivity index (χ0) is 3.58. The molecule has 0 aliphatic carbocycles. The maximum Gasteiger partial charge on any atom is 2.00 e. The van der Waals surface area contributed by atoms with Gasteiger partial charge >= 0.3 is 23.1 Å². The third kappa shape index (κ3) is 85.5. The van der Waals surface area contributed by atoms with Gasteiger partial charge in [0.05, 0.1) is 0 Å². The first kappa shape index (κ1) is 15.8. The summed E-state index contributed by atoms with van der Waals surface area (Å²) in [7, 11) is 0. The van der Waals surface area contributed by atoms with Gasteiger partial charge in [0.15, 0.2) is 0 Å². The van der Waals surface area contributed by atoms with Crippen LogP contribution in [0.1, 0.15) is 9.78 Å². The second-order valence-electron chi connectivity index (χ2n) is 0.519. The number of carbonyl (C=O) groups is 1. The second-order valence-corrected chi connectivity index (χ2v) is 0.519. The quantitative estimate of drug-likeness (QED) is 0.471. The fraction of sp³-hybridized carbons (Fsp3) is 0.500. The molecule has 0 bridgehead atoms. The van der Waals surface area contributed by atoms with Crippen LogP contribution in [0.25, 0.3) is 0 Å². The van der Waals surface area contributed by atoms with Gasteiger partial charge in [0.25, 0.3) is 5.97 Å². The number of rotatable bonds is 0. The number of hydrogen-bond acceptors (Lipinski definition) is 1. The van der Waals surface area contributed by atoms with Crippen LogP contribution in [0.5, 0.6) is 0 Å². The van der Waals surface area contributed by atoms with Gasteiger partial charge in [-0.15, -0.1) is 0 Å². The molecular formula is C2H6MgO2Ti. The Bertz CT molecular complexity index is 41.0. The maximum absolute atomic E-state index is 9.00. The Morgan fingerprint density at radius 1 is 1.83 bits per heavy atom. The topological polar surface area (TPSA) is 37.3 Å². The van der Waals surface area contributed by atoms with Gasteiger partial charge in [-0.25, -0.2) is 0 Å². The molecule has 1 N–H and O–H groups in total. The van der Waals surface area contributed by atoms with Crippen molar-refractivity contribution < 1.29 is 34.5 Å². The third-order valence-electron chi connectivity index (χ3n) is 0. The Morgan fingerprint density at radius 3 is 1.83 bits per heavy atom. The molecule has 32 valence electrons. The fourth-order valence-corrected chi connectivity index (χ4v) is 0. The van der Waals surface area contributed by atoms with E-state index in [-0.39, 0.29) is 47.6 Å². The van der Waals surface area contributed by atoms with Crippen molar-refractivity contribution in [3.8, 4) is 0 Å². The minimum atomic E-state index is -0.833. The maximum atomic E-state index is 9.00. The zero-order valence-electron chi connectivity index (χ0n) is 5.56. The van der Waals surface area contributed by atoms with E-state index in [4.69, 9.17) is 9.90 Å². The molecular weight excluding hydrogens is 128 g/mol. The van der Waals surface area contributed by atoms with Gasteiger partial charge in [0.2, 0.25) is 0 Å². The van der Waals surface area contributed by atoms with Crippen molar-refractivity contribution in [2.75, 3.05) is 0 Å². The average Bonchev–Trinajstić information content (AvgIpc) is 0.811. The van der Waals surface area contributed by atoms with Crippen molar-refractivity contribution in [1.82, 2.24) is 0 Å². The van der Waals surface area contributed by atoms with Crippen molar-refractivity contribution in [3.05, 3.63) is 0 Å². The molecule has 0 aromatic heterocycles. The molecule has 0 spiro atoms. The molecule has 4 heteroatoms. The van der Waals surface area contributed by atoms with E-state index in [9.17, 15) is 0 Å². The number of aliphatic carboxylic acids is 1. The van der Waals surface area contributed by atoms with Crippen LogP contribution < -0.4 is 0 Å². The van der Waals surface area contributed by atoms with Gasteiger partial charge in [0.1, 0.15) is 0 Å². The monoisotopic (exact) mass is 134 g/mol. The van der Waals surface area contributed by atoms with E-state index >= 15 is 0 Å². The normalized spacial score (nSPS) is 4.17. The van der Waals surface area contributed by atoms with Crippen molar-refractivity contribution in [2.45, 2.75) is 6.92 Å². The Kier molecular flexibility index (Phi) is 24.6. The largest absolute Gasteiger partial charge is 2.00 e. The standard InChI is InChI=1S/C2H4O2.Mg.Ti.2H/c1-2(3)4;;;;/h1H3,(H,3,4);;;;/q;+2;;2*-1. The van der Waals surface area contributed by atoms with Gasteiger partial charge in [-0.3, -0.25) is 4.79 Å². The SMILES string of the molecule is CC(=O)O.[H-].[H-].[Mg+2].[Ti]. The molecule has 0 amide bonds. The summed E-state index contributed by atoms with van der Waals surface area (Å²) in [6.07, 6.45) is 0. The van der Waals surface area contributed by atoms with Crippen LogP contribution in [0.2, 0.25) is 0 Å². The summed E-state index contributed by atoms with van der Waals surface area (Å²) in [6.45, 7) is 1.08. The molecule has 0 radical (unpaired) electrons. The minimum Gasteiger partial charge on any atom is -1.00 e. The zero-order valence-corrected chi connectivity index (χ0v) is 6.54. The Hall–Kier alpha value is 0.951. The summed E-state index contributed by atoms with van der Waals surface area (Å²) in [5.41, 5.74) is 0. The molecule has 0 saturated carbocycles. The molecule has 0 aromatic carbocycles. The molecule has 0 atom stereocenters. The Morgan fingerprint density at radius 2 is 1.83 bits per heavy atom.